The molecule has 2 saturated heterocycles. The van der Waals surface area contributed by atoms with Gasteiger partial charge in [-0.2, -0.15) is 0 Å². The fourth-order valence-electron chi connectivity index (χ4n) is 4.01. The van der Waals surface area contributed by atoms with Crippen molar-refractivity contribution in [2.24, 2.45) is 0 Å². The molecule has 13 nitrogen and oxygen atoms in total. The second kappa shape index (κ2) is 11.0. The van der Waals surface area contributed by atoms with E-state index in [0.29, 0.717) is 13.1 Å². The summed E-state index contributed by atoms with van der Waals surface area (Å²) < 4.78 is 35.1. The molecule has 1 aromatic carbocycles. The van der Waals surface area contributed by atoms with E-state index in [9.17, 15) is 33.3 Å². The van der Waals surface area contributed by atoms with Crippen LogP contribution in [0.5, 0.6) is 0 Å². The number of anilines is 3. The number of carbonyl (C=O) groups excluding carboxylic acids is 3. The lowest BCUT2D eigenvalue weighted by Gasteiger charge is -2.36. The number of amides is 3. The fraction of sp³-hybridized carbons (Fsp3) is 0.429. The van der Waals surface area contributed by atoms with Gasteiger partial charge < -0.3 is 20.3 Å². The lowest BCUT2D eigenvalue weighted by molar-refractivity contribution is -0.380. The number of hydrogen-bond acceptors (Lipinski definition) is 10. The first-order valence-electron chi connectivity index (χ1n) is 11.2. The van der Waals surface area contributed by atoms with Crippen LogP contribution >= 0.6 is 11.3 Å². The number of ether oxygens (including phenoxy) is 1. The summed E-state index contributed by atoms with van der Waals surface area (Å²) in [6.45, 7) is 2.61. The van der Waals surface area contributed by atoms with E-state index in [4.69, 9.17) is 4.74 Å². The molecule has 2 aliphatic heterocycles. The summed E-state index contributed by atoms with van der Waals surface area (Å²) in [6, 6.07) is 2.13. The smallest absolute Gasteiger partial charge is 0.414 e. The maximum absolute atomic E-state index is 15.0. The van der Waals surface area contributed by atoms with E-state index < -0.39 is 34.7 Å². The van der Waals surface area contributed by atoms with Crippen LogP contribution < -0.4 is 20.4 Å². The number of nitrogens with one attached hydrogen (secondary N) is 2. The molecule has 1 aromatic heterocycles. The minimum absolute atomic E-state index is 0.00630. The average molecular weight is 540 g/mol. The van der Waals surface area contributed by atoms with Crippen LogP contribution in [0.15, 0.2) is 18.3 Å². The van der Waals surface area contributed by atoms with Crippen molar-refractivity contribution in [3.8, 4) is 0 Å². The van der Waals surface area contributed by atoms with Crippen molar-refractivity contribution in [1.29, 1.82) is 0 Å². The Labute approximate surface area is 213 Å². The van der Waals surface area contributed by atoms with Crippen LogP contribution in [0.1, 0.15) is 6.92 Å². The van der Waals surface area contributed by atoms with E-state index in [1.165, 1.54) is 11.8 Å². The third-order valence-corrected chi connectivity index (χ3v) is 6.61. The highest BCUT2D eigenvalue weighted by Gasteiger charge is 2.34. The number of rotatable bonds is 8. The maximum Gasteiger partial charge on any atom is 0.414 e. The van der Waals surface area contributed by atoms with Crippen LogP contribution in [0.2, 0.25) is 0 Å². The normalized spacial score (nSPS) is 18.0. The highest BCUT2D eigenvalue weighted by molar-refractivity contribution is 7.18. The van der Waals surface area contributed by atoms with Crippen LogP contribution in [0.25, 0.3) is 0 Å². The van der Waals surface area contributed by atoms with Gasteiger partial charge in [-0.3, -0.25) is 29.5 Å². The Kier molecular flexibility index (Phi) is 7.77. The lowest BCUT2D eigenvalue weighted by Crippen LogP contribution is -2.49. The number of nitro groups is 1. The third kappa shape index (κ3) is 6.26. The van der Waals surface area contributed by atoms with Crippen molar-refractivity contribution in [3.05, 3.63) is 40.1 Å². The van der Waals surface area contributed by atoms with E-state index >= 15 is 0 Å². The van der Waals surface area contributed by atoms with Gasteiger partial charge in [0, 0.05) is 45.2 Å². The molecule has 0 radical (unpaired) electrons. The molecule has 0 unspecified atom stereocenters. The number of halogens is 2. The van der Waals surface area contributed by atoms with Gasteiger partial charge in [0.2, 0.25) is 11.8 Å². The van der Waals surface area contributed by atoms with E-state index in [1.807, 2.05) is 0 Å². The van der Waals surface area contributed by atoms with Crippen molar-refractivity contribution in [1.82, 2.24) is 15.2 Å². The van der Waals surface area contributed by atoms with Crippen molar-refractivity contribution in [3.63, 3.8) is 0 Å². The largest absolute Gasteiger partial charge is 0.442 e. The zero-order valence-corrected chi connectivity index (χ0v) is 20.4. The van der Waals surface area contributed by atoms with Gasteiger partial charge in [-0.15, -0.1) is 0 Å². The van der Waals surface area contributed by atoms with Gasteiger partial charge >= 0.3 is 11.1 Å². The quantitative estimate of drug-likeness (QED) is 0.376. The zero-order valence-electron chi connectivity index (χ0n) is 19.6. The number of nitrogens with zero attached hydrogens (tertiary/aromatic N) is 5. The first-order chi connectivity index (χ1) is 17.6. The SMILES string of the molecule is CC(=O)NC[C@H]1CN(c2cc(F)c(N3CCN(CC(=O)Nc4ncc([N+](=O)[O-])s4)CC3)c(F)c2)C(=O)O1. The first kappa shape index (κ1) is 26.2. The summed E-state index contributed by atoms with van der Waals surface area (Å²) in [6.07, 6.45) is -0.344. The molecule has 0 aliphatic carbocycles. The predicted octanol–water partition coefficient (Wildman–Crippen LogP) is 1.55. The minimum Gasteiger partial charge on any atom is -0.442 e. The van der Waals surface area contributed by atoms with E-state index in [1.54, 1.807) is 4.90 Å². The fourth-order valence-corrected chi connectivity index (χ4v) is 4.65. The summed E-state index contributed by atoms with van der Waals surface area (Å²) >= 11 is 0.745. The minimum atomic E-state index is -0.843. The molecule has 2 aliphatic rings. The van der Waals surface area contributed by atoms with Gasteiger partial charge in [-0.25, -0.2) is 18.6 Å². The number of hydrogen-bond donors (Lipinski definition) is 2. The first-order valence-corrected chi connectivity index (χ1v) is 12.0. The lowest BCUT2D eigenvalue weighted by atomic mass is 10.2. The van der Waals surface area contributed by atoms with E-state index in [2.05, 4.69) is 15.6 Å². The number of cyclic esters (lactones) is 1. The Bertz CT molecular complexity index is 1200. The van der Waals surface area contributed by atoms with Gasteiger partial charge in [-0.05, 0) is 11.3 Å². The number of aromatic nitrogens is 1. The summed E-state index contributed by atoms with van der Waals surface area (Å²) in [5.41, 5.74) is -0.225. The Morgan fingerprint density at radius 2 is 1.92 bits per heavy atom. The van der Waals surface area contributed by atoms with Crippen molar-refractivity contribution >= 4 is 50.8 Å². The van der Waals surface area contributed by atoms with Crippen LogP contribution in [0, 0.1) is 21.7 Å². The topological polar surface area (TPSA) is 150 Å². The summed E-state index contributed by atoms with van der Waals surface area (Å²) in [5, 5.41) is 15.7. The molecule has 0 spiro atoms. The third-order valence-electron chi connectivity index (χ3n) is 5.74. The Morgan fingerprint density at radius 3 is 2.51 bits per heavy atom. The van der Waals surface area contributed by atoms with Crippen LogP contribution in [0.3, 0.4) is 0 Å². The molecule has 3 amide bonds. The van der Waals surface area contributed by atoms with Gasteiger partial charge in [0.1, 0.15) is 18.0 Å². The van der Waals surface area contributed by atoms with Gasteiger partial charge in [0.05, 0.1) is 30.2 Å². The molecule has 2 N–H and O–H groups in total. The second-order valence-electron chi connectivity index (χ2n) is 8.38. The second-order valence-corrected chi connectivity index (χ2v) is 9.39. The van der Waals surface area contributed by atoms with Crippen LogP contribution in [-0.4, -0.2) is 84.6 Å². The highest BCUT2D eigenvalue weighted by atomic mass is 32.1. The number of piperazine rings is 1. The molecule has 2 aromatic rings. The number of carbonyl (C=O) groups is 3. The molecule has 3 heterocycles. The molecule has 0 saturated carbocycles. The zero-order chi connectivity index (χ0) is 26.7. The highest BCUT2D eigenvalue weighted by Crippen LogP contribution is 2.31. The monoisotopic (exact) mass is 539 g/mol. The number of thiazole rings is 1. The molecule has 198 valence electrons. The standard InChI is InChI=1S/C21H23F2N7O6S/c1-12(31)24-8-14-10-29(21(33)36-14)13-6-15(22)19(16(23)7-13)28-4-2-27(3-5-28)11-17(32)26-20-25-9-18(37-20)30(34)35/h6-7,9,14H,2-5,8,10-11H2,1H3,(H,24,31)(H,25,26,32)/t14-/m0/s1. The summed E-state index contributed by atoms with van der Waals surface area (Å²) in [4.78, 5) is 53.8. The Balaban J connectivity index is 1.32. The van der Waals surface area contributed by atoms with Crippen molar-refractivity contribution < 1.29 is 32.8 Å². The molecule has 1 atom stereocenters. The van der Waals surface area contributed by atoms with Gasteiger partial charge in [0.25, 0.3) is 0 Å². The Hall–Kier alpha value is -3.92. The van der Waals surface area contributed by atoms with E-state index in [0.717, 1.165) is 34.6 Å². The van der Waals surface area contributed by atoms with Gasteiger partial charge in [-0.1, -0.05) is 0 Å². The molecular formula is C21H23F2N7O6S. The average Bonchev–Trinajstić information content (AvgIpc) is 3.44. The molecule has 2 fully saturated rings. The molecular weight excluding hydrogens is 516 g/mol. The van der Waals surface area contributed by atoms with E-state index in [-0.39, 0.29) is 60.1 Å². The van der Waals surface area contributed by atoms with Crippen LogP contribution in [-0.2, 0) is 14.3 Å². The summed E-state index contributed by atoms with van der Waals surface area (Å²) in [5.74, 6) is -2.38. The summed E-state index contributed by atoms with van der Waals surface area (Å²) in [7, 11) is 0. The molecule has 16 heteroatoms. The molecule has 0 bridgehead atoms. The van der Waals surface area contributed by atoms with Gasteiger partial charge in [0.15, 0.2) is 16.8 Å². The molecule has 4 rings (SSSR count). The Morgan fingerprint density at radius 1 is 1.24 bits per heavy atom. The van der Waals surface area contributed by atoms with Crippen molar-refractivity contribution in [2.45, 2.75) is 13.0 Å². The maximum atomic E-state index is 15.0. The number of benzene rings is 1. The predicted molar refractivity (Wildman–Crippen MR) is 129 cm³/mol. The van der Waals surface area contributed by atoms with Crippen LogP contribution in [0.4, 0.5) is 35.1 Å². The molecule has 37 heavy (non-hydrogen) atoms. The van der Waals surface area contributed by atoms with Crippen molar-refractivity contribution in [2.75, 3.05) is 60.9 Å².